The number of hydrogen-bond acceptors (Lipinski definition) is 3. The van der Waals surface area contributed by atoms with Crippen LogP contribution in [0.2, 0.25) is 0 Å². The van der Waals surface area contributed by atoms with Crippen LogP contribution < -0.4 is 14.8 Å². The Morgan fingerprint density at radius 3 is 2.65 bits per heavy atom. The Kier molecular flexibility index (Phi) is 3.55. The van der Waals surface area contributed by atoms with E-state index in [4.69, 9.17) is 9.47 Å². The minimum absolute atomic E-state index is 0.140. The van der Waals surface area contributed by atoms with Gasteiger partial charge in [0.2, 0.25) is 5.91 Å². The van der Waals surface area contributed by atoms with Crippen molar-refractivity contribution in [2.45, 2.75) is 25.7 Å². The van der Waals surface area contributed by atoms with E-state index in [9.17, 15) is 4.79 Å². The van der Waals surface area contributed by atoms with Gasteiger partial charge < -0.3 is 14.8 Å². The summed E-state index contributed by atoms with van der Waals surface area (Å²) in [5.74, 6) is 3.04. The molecule has 1 aromatic rings. The second-order valence-electron chi connectivity index (χ2n) is 5.84. The first kappa shape index (κ1) is 13.3. The molecule has 0 heterocycles. The Morgan fingerprint density at radius 1 is 1.20 bits per heavy atom. The molecule has 4 nitrogen and oxygen atoms in total. The second-order valence-corrected chi connectivity index (χ2v) is 5.84. The maximum atomic E-state index is 12.4. The molecule has 20 heavy (non-hydrogen) atoms. The van der Waals surface area contributed by atoms with Crippen molar-refractivity contribution in [1.82, 2.24) is 0 Å². The molecule has 0 radical (unpaired) electrons. The van der Waals surface area contributed by atoms with Crippen molar-refractivity contribution >= 4 is 11.6 Å². The number of ether oxygens (including phenoxy) is 2. The summed E-state index contributed by atoms with van der Waals surface area (Å²) in [6.45, 7) is 0. The van der Waals surface area contributed by atoms with Crippen LogP contribution in [0.1, 0.15) is 25.7 Å². The summed E-state index contributed by atoms with van der Waals surface area (Å²) < 4.78 is 10.5. The largest absolute Gasteiger partial charge is 0.497 e. The molecule has 1 amide bonds. The van der Waals surface area contributed by atoms with Gasteiger partial charge in [-0.05, 0) is 43.2 Å². The summed E-state index contributed by atoms with van der Waals surface area (Å²) in [6.07, 6.45) is 4.80. The van der Waals surface area contributed by atoms with E-state index in [-0.39, 0.29) is 11.8 Å². The molecule has 0 spiro atoms. The second kappa shape index (κ2) is 5.35. The van der Waals surface area contributed by atoms with E-state index in [1.807, 2.05) is 12.1 Å². The number of anilines is 1. The predicted octanol–water partition coefficient (Wildman–Crippen LogP) is 3.08. The van der Waals surface area contributed by atoms with Gasteiger partial charge in [0, 0.05) is 12.0 Å². The molecule has 2 fully saturated rings. The molecule has 2 aliphatic carbocycles. The van der Waals surface area contributed by atoms with Gasteiger partial charge in [0.1, 0.15) is 11.5 Å². The highest BCUT2D eigenvalue weighted by Gasteiger charge is 2.43. The Hall–Kier alpha value is -1.71. The summed E-state index contributed by atoms with van der Waals surface area (Å²) in [6, 6.07) is 5.46. The van der Waals surface area contributed by atoms with E-state index in [1.54, 1.807) is 20.3 Å². The number of amides is 1. The first-order valence-electron chi connectivity index (χ1n) is 7.24. The number of benzene rings is 1. The van der Waals surface area contributed by atoms with Gasteiger partial charge in [-0.2, -0.15) is 0 Å². The van der Waals surface area contributed by atoms with Crippen LogP contribution in [-0.4, -0.2) is 20.1 Å². The number of methoxy groups -OCH3 is 2. The summed E-state index contributed by atoms with van der Waals surface area (Å²) >= 11 is 0. The minimum atomic E-state index is 0.140. The van der Waals surface area contributed by atoms with Crippen LogP contribution >= 0.6 is 0 Å². The number of carbonyl (C=O) groups excluding carboxylic acids is 1. The first-order valence-corrected chi connectivity index (χ1v) is 7.24. The van der Waals surface area contributed by atoms with E-state index in [1.165, 1.54) is 19.3 Å². The average Bonchev–Trinajstić information content (AvgIpc) is 3.10. The molecule has 3 atom stereocenters. The monoisotopic (exact) mass is 275 g/mol. The van der Waals surface area contributed by atoms with Crippen molar-refractivity contribution in [2.24, 2.45) is 17.8 Å². The zero-order chi connectivity index (χ0) is 14.1. The molecular formula is C16H21NO3. The Morgan fingerprint density at radius 2 is 2.05 bits per heavy atom. The number of hydrogen-bond donors (Lipinski definition) is 1. The molecule has 2 bridgehead atoms. The average molecular weight is 275 g/mol. The number of fused-ring (bicyclic) bond motifs is 2. The topological polar surface area (TPSA) is 47.6 Å². The zero-order valence-corrected chi connectivity index (χ0v) is 12.0. The third kappa shape index (κ3) is 2.35. The quantitative estimate of drug-likeness (QED) is 0.918. The molecule has 1 aromatic carbocycles. The van der Waals surface area contributed by atoms with Crippen LogP contribution in [-0.2, 0) is 4.79 Å². The van der Waals surface area contributed by atoms with Crippen molar-refractivity contribution in [2.75, 3.05) is 19.5 Å². The minimum Gasteiger partial charge on any atom is -0.497 e. The molecule has 108 valence electrons. The highest BCUT2D eigenvalue weighted by atomic mass is 16.5. The summed E-state index contributed by atoms with van der Waals surface area (Å²) in [5.41, 5.74) is 0.723. The van der Waals surface area contributed by atoms with Crippen molar-refractivity contribution in [1.29, 1.82) is 0 Å². The van der Waals surface area contributed by atoms with Gasteiger partial charge >= 0.3 is 0 Å². The third-order valence-electron chi connectivity index (χ3n) is 4.74. The molecular weight excluding hydrogens is 254 g/mol. The standard InChI is InChI=1S/C16H21NO3/c1-19-12-5-6-14(15(9-12)20-2)17-16(18)13-8-10-3-4-11(13)7-10/h5-6,9-11,13H,3-4,7-8H2,1-2H3,(H,17,18)/t10-,11-,13-/m1/s1. The lowest BCUT2D eigenvalue weighted by Gasteiger charge is -2.21. The number of carbonyl (C=O) groups is 1. The van der Waals surface area contributed by atoms with Crippen LogP contribution in [0.3, 0.4) is 0 Å². The predicted molar refractivity (Wildman–Crippen MR) is 77.1 cm³/mol. The van der Waals surface area contributed by atoms with Gasteiger partial charge in [-0.3, -0.25) is 4.79 Å². The summed E-state index contributed by atoms with van der Waals surface area (Å²) in [5, 5.41) is 3.02. The molecule has 2 aliphatic rings. The van der Waals surface area contributed by atoms with Crippen molar-refractivity contribution in [3.8, 4) is 11.5 Å². The van der Waals surface area contributed by atoms with E-state index in [0.29, 0.717) is 11.7 Å². The van der Waals surface area contributed by atoms with Crippen LogP contribution in [0.15, 0.2) is 18.2 Å². The number of rotatable bonds is 4. The fourth-order valence-corrected chi connectivity index (χ4v) is 3.69. The molecule has 2 saturated carbocycles. The van der Waals surface area contributed by atoms with E-state index >= 15 is 0 Å². The van der Waals surface area contributed by atoms with Gasteiger partial charge in [-0.15, -0.1) is 0 Å². The highest BCUT2D eigenvalue weighted by Crippen LogP contribution is 2.48. The molecule has 0 saturated heterocycles. The zero-order valence-electron chi connectivity index (χ0n) is 12.0. The lowest BCUT2D eigenvalue weighted by Crippen LogP contribution is -2.27. The van der Waals surface area contributed by atoms with Crippen LogP contribution in [0.4, 0.5) is 5.69 Å². The maximum absolute atomic E-state index is 12.4. The van der Waals surface area contributed by atoms with Crippen molar-refractivity contribution < 1.29 is 14.3 Å². The van der Waals surface area contributed by atoms with Gasteiger partial charge in [0.25, 0.3) is 0 Å². The lowest BCUT2D eigenvalue weighted by molar-refractivity contribution is -0.121. The normalized spacial score (nSPS) is 27.4. The van der Waals surface area contributed by atoms with Gasteiger partial charge in [-0.1, -0.05) is 6.42 Å². The van der Waals surface area contributed by atoms with Crippen LogP contribution in [0.25, 0.3) is 0 Å². The third-order valence-corrected chi connectivity index (χ3v) is 4.74. The van der Waals surface area contributed by atoms with Crippen LogP contribution in [0, 0.1) is 17.8 Å². The van der Waals surface area contributed by atoms with E-state index < -0.39 is 0 Å². The van der Waals surface area contributed by atoms with Gasteiger partial charge in [0.05, 0.1) is 19.9 Å². The fraction of sp³-hybridized carbons (Fsp3) is 0.562. The van der Waals surface area contributed by atoms with Gasteiger partial charge in [-0.25, -0.2) is 0 Å². The molecule has 0 unspecified atom stereocenters. The molecule has 0 aliphatic heterocycles. The number of nitrogens with one attached hydrogen (secondary N) is 1. The smallest absolute Gasteiger partial charge is 0.227 e. The highest BCUT2D eigenvalue weighted by molar-refractivity contribution is 5.94. The Bertz CT molecular complexity index is 514. The summed E-state index contributed by atoms with van der Waals surface area (Å²) in [4.78, 5) is 12.4. The van der Waals surface area contributed by atoms with Crippen molar-refractivity contribution in [3.05, 3.63) is 18.2 Å². The SMILES string of the molecule is COc1ccc(NC(=O)[C@@H]2C[C@@H]3CC[C@@H]2C3)c(OC)c1. The summed E-state index contributed by atoms with van der Waals surface area (Å²) in [7, 11) is 3.21. The fourth-order valence-electron chi connectivity index (χ4n) is 3.69. The van der Waals surface area contributed by atoms with Gasteiger partial charge in [0.15, 0.2) is 0 Å². The molecule has 3 rings (SSSR count). The lowest BCUT2D eigenvalue weighted by atomic mass is 9.88. The molecule has 4 heteroatoms. The Balaban J connectivity index is 1.72. The Labute approximate surface area is 119 Å². The molecule has 1 N–H and O–H groups in total. The van der Waals surface area contributed by atoms with Crippen molar-refractivity contribution in [3.63, 3.8) is 0 Å². The maximum Gasteiger partial charge on any atom is 0.227 e. The van der Waals surface area contributed by atoms with E-state index in [2.05, 4.69) is 5.32 Å². The van der Waals surface area contributed by atoms with Crippen LogP contribution in [0.5, 0.6) is 11.5 Å². The van der Waals surface area contributed by atoms with E-state index in [0.717, 1.165) is 23.8 Å². The molecule has 0 aromatic heterocycles. The first-order chi connectivity index (χ1) is 9.71.